The van der Waals surface area contributed by atoms with E-state index < -0.39 is 0 Å². The molecule has 8 aromatic carbocycles. The molecule has 49 heavy (non-hydrogen) atoms. The maximum absolute atomic E-state index is 6.62. The standard InChI is InChI=1S/C46H29NOS/c1-2-15-35-31(11-1)12-8-18-36(35)33-14-7-13-32(29-33)30-25-27-34(28-26-30)47(41-21-9-19-39-37-16-3-5-23-43(37)48-45(39)41)42-22-10-20-40-38-17-4-6-24-44(38)49-46(40)42/h1-29H. The maximum Gasteiger partial charge on any atom is 0.159 e. The third-order valence-electron chi connectivity index (χ3n) is 9.67. The summed E-state index contributed by atoms with van der Waals surface area (Å²) in [5.41, 5.74) is 9.84. The summed E-state index contributed by atoms with van der Waals surface area (Å²) in [5.74, 6) is 0. The first-order valence-electron chi connectivity index (χ1n) is 16.6. The van der Waals surface area contributed by atoms with E-state index in [-0.39, 0.29) is 0 Å². The van der Waals surface area contributed by atoms with Crippen LogP contribution in [0.3, 0.4) is 0 Å². The van der Waals surface area contributed by atoms with E-state index in [1.54, 1.807) is 0 Å². The topological polar surface area (TPSA) is 16.4 Å². The van der Waals surface area contributed by atoms with Crippen LogP contribution in [0.2, 0.25) is 0 Å². The Balaban J connectivity index is 1.14. The molecule has 0 aliphatic heterocycles. The molecule has 0 atom stereocenters. The summed E-state index contributed by atoms with van der Waals surface area (Å²) < 4.78 is 9.16. The largest absolute Gasteiger partial charge is 0.454 e. The number of furan rings is 1. The molecule has 10 rings (SSSR count). The van der Waals surface area contributed by atoms with Crippen molar-refractivity contribution in [1.82, 2.24) is 0 Å². The van der Waals surface area contributed by atoms with E-state index in [0.29, 0.717) is 0 Å². The van der Waals surface area contributed by atoms with Crippen LogP contribution >= 0.6 is 11.3 Å². The maximum atomic E-state index is 6.62. The Morgan fingerprint density at radius 1 is 0.429 bits per heavy atom. The molecule has 2 heterocycles. The second-order valence-corrected chi connectivity index (χ2v) is 13.5. The van der Waals surface area contributed by atoms with Crippen LogP contribution in [-0.4, -0.2) is 0 Å². The summed E-state index contributed by atoms with van der Waals surface area (Å²) in [6, 6.07) is 63.1. The average molecular weight is 644 g/mol. The van der Waals surface area contributed by atoms with Crippen molar-refractivity contribution in [2.75, 3.05) is 4.90 Å². The Kier molecular flexibility index (Phi) is 6.39. The Hall–Kier alpha value is -6.16. The summed E-state index contributed by atoms with van der Waals surface area (Å²) in [4.78, 5) is 2.37. The van der Waals surface area contributed by atoms with Gasteiger partial charge in [-0.3, -0.25) is 0 Å². The minimum Gasteiger partial charge on any atom is -0.454 e. The van der Waals surface area contributed by atoms with Crippen LogP contribution in [0, 0.1) is 0 Å². The van der Waals surface area contributed by atoms with E-state index in [0.717, 1.165) is 39.0 Å². The fraction of sp³-hybridized carbons (Fsp3) is 0. The summed E-state index contributed by atoms with van der Waals surface area (Å²) in [6.07, 6.45) is 0. The SMILES string of the molecule is c1cc(-c2ccc(N(c3cccc4c3oc3ccccc34)c3cccc4c3sc3ccccc34)cc2)cc(-c2cccc3ccccc23)c1. The quantitative estimate of drug-likeness (QED) is 0.186. The van der Waals surface area contributed by atoms with Gasteiger partial charge < -0.3 is 9.32 Å². The van der Waals surface area contributed by atoms with Crippen molar-refractivity contribution < 1.29 is 4.42 Å². The fourth-order valence-corrected chi connectivity index (χ4v) is 8.58. The number of benzene rings is 8. The molecule has 0 saturated heterocycles. The van der Waals surface area contributed by atoms with Crippen LogP contribution in [0.1, 0.15) is 0 Å². The Bertz CT molecular complexity index is 2720. The molecule has 2 nitrogen and oxygen atoms in total. The van der Waals surface area contributed by atoms with E-state index >= 15 is 0 Å². The molecule has 0 unspecified atom stereocenters. The molecule has 230 valence electrons. The van der Waals surface area contributed by atoms with Crippen molar-refractivity contribution in [1.29, 1.82) is 0 Å². The minimum absolute atomic E-state index is 0.883. The number of para-hydroxylation sites is 2. The van der Waals surface area contributed by atoms with Crippen LogP contribution in [0.4, 0.5) is 17.1 Å². The number of hydrogen-bond acceptors (Lipinski definition) is 3. The first-order chi connectivity index (χ1) is 24.3. The fourth-order valence-electron chi connectivity index (χ4n) is 7.37. The highest BCUT2D eigenvalue weighted by atomic mass is 32.1. The van der Waals surface area contributed by atoms with Crippen LogP contribution in [-0.2, 0) is 0 Å². The van der Waals surface area contributed by atoms with Crippen molar-refractivity contribution in [2.45, 2.75) is 0 Å². The smallest absolute Gasteiger partial charge is 0.159 e. The average Bonchev–Trinajstić information content (AvgIpc) is 3.75. The van der Waals surface area contributed by atoms with Gasteiger partial charge in [0, 0.05) is 31.9 Å². The molecule has 0 amide bonds. The van der Waals surface area contributed by atoms with Gasteiger partial charge in [-0.2, -0.15) is 0 Å². The number of rotatable bonds is 5. The van der Waals surface area contributed by atoms with Gasteiger partial charge in [0.15, 0.2) is 5.58 Å². The number of fused-ring (bicyclic) bond motifs is 7. The van der Waals surface area contributed by atoms with Gasteiger partial charge in [0.1, 0.15) is 5.58 Å². The van der Waals surface area contributed by atoms with Crippen LogP contribution in [0.15, 0.2) is 180 Å². The highest BCUT2D eigenvalue weighted by Gasteiger charge is 2.22. The van der Waals surface area contributed by atoms with E-state index in [4.69, 9.17) is 4.42 Å². The van der Waals surface area contributed by atoms with Gasteiger partial charge in [0.2, 0.25) is 0 Å². The van der Waals surface area contributed by atoms with Crippen LogP contribution < -0.4 is 4.90 Å². The second kappa shape index (κ2) is 11.2. The highest BCUT2D eigenvalue weighted by molar-refractivity contribution is 7.26. The third-order valence-corrected chi connectivity index (χ3v) is 10.9. The Labute approximate surface area is 287 Å². The molecule has 0 aliphatic rings. The molecule has 0 saturated carbocycles. The van der Waals surface area contributed by atoms with Gasteiger partial charge in [0.25, 0.3) is 0 Å². The molecule has 2 aromatic heterocycles. The van der Waals surface area contributed by atoms with Crippen molar-refractivity contribution in [3.63, 3.8) is 0 Å². The van der Waals surface area contributed by atoms with E-state index in [2.05, 4.69) is 175 Å². The lowest BCUT2D eigenvalue weighted by molar-refractivity contribution is 0.669. The van der Waals surface area contributed by atoms with Gasteiger partial charge in [-0.1, -0.05) is 133 Å². The van der Waals surface area contributed by atoms with Crippen molar-refractivity contribution in [3.8, 4) is 22.3 Å². The van der Waals surface area contributed by atoms with Crippen molar-refractivity contribution in [3.05, 3.63) is 176 Å². The van der Waals surface area contributed by atoms with E-state index in [1.165, 1.54) is 53.2 Å². The monoisotopic (exact) mass is 643 g/mol. The van der Waals surface area contributed by atoms with Gasteiger partial charge >= 0.3 is 0 Å². The van der Waals surface area contributed by atoms with Crippen molar-refractivity contribution >= 4 is 81.3 Å². The molecule has 0 spiro atoms. The predicted octanol–water partition coefficient (Wildman–Crippen LogP) is 13.9. The first kappa shape index (κ1) is 27.9. The Morgan fingerprint density at radius 2 is 1.08 bits per heavy atom. The number of anilines is 3. The molecule has 3 heteroatoms. The van der Waals surface area contributed by atoms with Crippen molar-refractivity contribution in [2.24, 2.45) is 0 Å². The number of nitrogens with zero attached hydrogens (tertiary/aromatic N) is 1. The minimum atomic E-state index is 0.883. The first-order valence-corrected chi connectivity index (χ1v) is 17.4. The third kappa shape index (κ3) is 4.55. The number of hydrogen-bond donors (Lipinski definition) is 0. The van der Waals surface area contributed by atoms with E-state index in [9.17, 15) is 0 Å². The molecule has 0 N–H and O–H groups in total. The molecular formula is C46H29NOS. The second-order valence-electron chi connectivity index (χ2n) is 12.5. The number of thiophene rings is 1. The zero-order valence-electron chi connectivity index (χ0n) is 26.5. The summed E-state index contributed by atoms with van der Waals surface area (Å²) in [5, 5.41) is 7.31. The molecule has 10 aromatic rings. The molecule has 0 radical (unpaired) electrons. The normalized spacial score (nSPS) is 11.7. The summed E-state index contributed by atoms with van der Waals surface area (Å²) in [6.45, 7) is 0. The Morgan fingerprint density at radius 3 is 1.98 bits per heavy atom. The van der Waals surface area contributed by atoms with Gasteiger partial charge in [0.05, 0.1) is 16.1 Å². The van der Waals surface area contributed by atoms with Gasteiger partial charge in [-0.05, 0) is 75.5 Å². The highest BCUT2D eigenvalue weighted by Crippen LogP contribution is 2.47. The molecule has 0 aliphatic carbocycles. The van der Waals surface area contributed by atoms with Crippen LogP contribution in [0.25, 0.3) is 75.1 Å². The van der Waals surface area contributed by atoms with E-state index in [1.807, 2.05) is 17.4 Å². The zero-order valence-corrected chi connectivity index (χ0v) is 27.3. The lowest BCUT2D eigenvalue weighted by Crippen LogP contribution is -2.10. The molecular weight excluding hydrogens is 615 g/mol. The zero-order chi connectivity index (χ0) is 32.3. The lowest BCUT2D eigenvalue weighted by atomic mass is 9.95. The summed E-state index contributed by atoms with van der Waals surface area (Å²) >= 11 is 1.84. The van der Waals surface area contributed by atoms with Gasteiger partial charge in [-0.15, -0.1) is 11.3 Å². The molecule has 0 bridgehead atoms. The summed E-state index contributed by atoms with van der Waals surface area (Å²) in [7, 11) is 0. The molecule has 0 fully saturated rings. The lowest BCUT2D eigenvalue weighted by Gasteiger charge is -2.26. The van der Waals surface area contributed by atoms with Crippen LogP contribution in [0.5, 0.6) is 0 Å². The predicted molar refractivity (Wildman–Crippen MR) is 210 cm³/mol. The van der Waals surface area contributed by atoms with Gasteiger partial charge in [-0.25, -0.2) is 0 Å².